The Kier molecular flexibility index (Phi) is 7.53. The molecule has 0 saturated carbocycles. The number of hydrogen-bond acceptors (Lipinski definition) is 3. The molecule has 3 aromatic carbocycles. The van der Waals surface area contributed by atoms with Crippen LogP contribution in [-0.2, 0) is 23.2 Å². The summed E-state index contributed by atoms with van der Waals surface area (Å²) >= 11 is 0. The Bertz CT molecular complexity index is 1350. The van der Waals surface area contributed by atoms with Crippen LogP contribution < -0.4 is 15.2 Å². The monoisotopic (exact) mass is 466 g/mol. The van der Waals surface area contributed by atoms with Gasteiger partial charge in [-0.2, -0.15) is 4.57 Å². The quantitative estimate of drug-likeness (QED) is 0.373. The van der Waals surface area contributed by atoms with Crippen LogP contribution in [0.5, 0.6) is 0 Å². The van der Waals surface area contributed by atoms with Gasteiger partial charge in [0.25, 0.3) is 0 Å². The minimum absolute atomic E-state index is 0.146. The minimum Gasteiger partial charge on any atom is -0.445 e. The van der Waals surface area contributed by atoms with Crippen LogP contribution in [0, 0.1) is 0 Å². The van der Waals surface area contributed by atoms with Crippen LogP contribution in [0.25, 0.3) is 23.1 Å². The molecule has 0 saturated heterocycles. The lowest BCUT2D eigenvalue weighted by atomic mass is 10.1. The average Bonchev–Trinajstić information content (AvgIpc) is 2.88. The standard InChI is InChI=1S/C29H27N3O3/c1-21(30-29(34)35-20-23-8-4-3-5-9-23)28(33)31-25-16-12-22(13-17-25)14-18-26-19-15-24-10-6-7-11-27(24)32(26)2/h3-19,21H,20H2,1-2H3,(H,30,34)/p+1/t21-/m0/s1. The normalized spacial score (nSPS) is 11.8. The summed E-state index contributed by atoms with van der Waals surface area (Å²) in [6.07, 6.45) is 3.45. The van der Waals surface area contributed by atoms with Gasteiger partial charge in [-0.25, -0.2) is 4.79 Å². The lowest BCUT2D eigenvalue weighted by Gasteiger charge is -2.14. The van der Waals surface area contributed by atoms with E-state index in [0.29, 0.717) is 5.69 Å². The molecule has 4 rings (SSSR count). The number of ether oxygens (including phenoxy) is 1. The second-order valence-corrected chi connectivity index (χ2v) is 8.25. The molecule has 0 bridgehead atoms. The maximum Gasteiger partial charge on any atom is 0.408 e. The second-order valence-electron chi connectivity index (χ2n) is 8.25. The van der Waals surface area contributed by atoms with Crippen molar-refractivity contribution in [1.82, 2.24) is 5.32 Å². The van der Waals surface area contributed by atoms with Crippen LogP contribution in [0.15, 0.2) is 91.0 Å². The Hall–Kier alpha value is -4.45. The van der Waals surface area contributed by atoms with Crippen molar-refractivity contribution in [3.63, 3.8) is 0 Å². The van der Waals surface area contributed by atoms with Crippen molar-refractivity contribution in [2.75, 3.05) is 5.32 Å². The van der Waals surface area contributed by atoms with Crippen molar-refractivity contribution in [3.8, 4) is 0 Å². The van der Waals surface area contributed by atoms with E-state index in [9.17, 15) is 9.59 Å². The third-order valence-electron chi connectivity index (χ3n) is 5.68. The molecule has 0 spiro atoms. The fourth-order valence-electron chi connectivity index (χ4n) is 3.64. The number of hydrogen-bond donors (Lipinski definition) is 2. The number of alkyl carbamates (subject to hydrolysis) is 1. The van der Waals surface area contributed by atoms with Crippen LogP contribution in [0.2, 0.25) is 0 Å². The van der Waals surface area contributed by atoms with E-state index < -0.39 is 12.1 Å². The number of carbonyl (C=O) groups is 2. The number of benzene rings is 3. The molecule has 0 aliphatic rings. The summed E-state index contributed by atoms with van der Waals surface area (Å²) in [5.74, 6) is -0.326. The van der Waals surface area contributed by atoms with Crippen LogP contribution >= 0.6 is 0 Å². The number of amides is 2. The van der Waals surface area contributed by atoms with Gasteiger partial charge < -0.3 is 15.4 Å². The molecule has 0 unspecified atom stereocenters. The number of pyridine rings is 1. The fourth-order valence-corrected chi connectivity index (χ4v) is 3.64. The third-order valence-corrected chi connectivity index (χ3v) is 5.68. The molecule has 0 aliphatic carbocycles. The fraction of sp³-hybridized carbons (Fsp3) is 0.138. The first-order valence-electron chi connectivity index (χ1n) is 11.4. The zero-order valence-electron chi connectivity index (χ0n) is 19.8. The highest BCUT2D eigenvalue weighted by Gasteiger charge is 2.16. The van der Waals surface area contributed by atoms with Gasteiger partial charge in [0.05, 0.1) is 0 Å². The highest BCUT2D eigenvalue weighted by molar-refractivity contribution is 5.96. The number of nitrogens with one attached hydrogen (secondary N) is 2. The first kappa shape index (κ1) is 23.7. The summed E-state index contributed by atoms with van der Waals surface area (Å²) in [4.78, 5) is 24.5. The molecule has 6 heteroatoms. The van der Waals surface area contributed by atoms with Crippen LogP contribution in [0.1, 0.15) is 23.7 Å². The third kappa shape index (κ3) is 6.32. The molecule has 176 valence electrons. The lowest BCUT2D eigenvalue weighted by Crippen LogP contribution is -2.41. The maximum atomic E-state index is 12.5. The Morgan fingerprint density at radius 2 is 1.60 bits per heavy atom. The van der Waals surface area contributed by atoms with Gasteiger partial charge in [-0.1, -0.05) is 54.6 Å². The number of aryl methyl sites for hydroxylation is 1. The van der Waals surface area contributed by atoms with E-state index in [0.717, 1.165) is 16.8 Å². The summed E-state index contributed by atoms with van der Waals surface area (Å²) in [6, 6.07) is 28.6. The summed E-state index contributed by atoms with van der Waals surface area (Å²) in [5, 5.41) is 6.56. The molecule has 1 atom stereocenters. The first-order chi connectivity index (χ1) is 17.0. The van der Waals surface area contributed by atoms with Gasteiger partial charge in [-0.3, -0.25) is 4.79 Å². The predicted molar refractivity (Wildman–Crippen MR) is 138 cm³/mol. The number of para-hydroxylation sites is 1. The Morgan fingerprint density at radius 1 is 0.886 bits per heavy atom. The zero-order valence-corrected chi connectivity index (χ0v) is 19.8. The molecule has 0 fully saturated rings. The average molecular weight is 467 g/mol. The molecule has 2 N–H and O–H groups in total. The van der Waals surface area contributed by atoms with E-state index >= 15 is 0 Å². The van der Waals surface area contributed by atoms with E-state index in [-0.39, 0.29) is 12.5 Å². The molecular weight excluding hydrogens is 438 g/mol. The highest BCUT2D eigenvalue weighted by atomic mass is 16.5. The number of rotatable bonds is 7. The lowest BCUT2D eigenvalue weighted by molar-refractivity contribution is -0.646. The number of carbonyl (C=O) groups excluding carboxylic acids is 2. The highest BCUT2D eigenvalue weighted by Crippen LogP contribution is 2.14. The molecule has 1 heterocycles. The van der Waals surface area contributed by atoms with Crippen molar-refractivity contribution in [2.45, 2.75) is 19.6 Å². The van der Waals surface area contributed by atoms with Crippen LogP contribution in [0.4, 0.5) is 10.5 Å². The Morgan fingerprint density at radius 3 is 2.37 bits per heavy atom. The predicted octanol–water partition coefficient (Wildman–Crippen LogP) is 5.09. The van der Waals surface area contributed by atoms with Gasteiger partial charge in [-0.05, 0) is 48.4 Å². The van der Waals surface area contributed by atoms with E-state index in [4.69, 9.17) is 4.74 Å². The molecule has 0 radical (unpaired) electrons. The molecular formula is C29H28N3O3+. The topological polar surface area (TPSA) is 71.3 Å². The molecule has 0 aliphatic heterocycles. The van der Waals surface area contributed by atoms with Crippen molar-refractivity contribution < 1.29 is 18.9 Å². The molecule has 4 aromatic rings. The number of nitrogens with zero attached hydrogens (tertiary/aromatic N) is 1. The number of aromatic nitrogens is 1. The maximum absolute atomic E-state index is 12.5. The summed E-state index contributed by atoms with van der Waals surface area (Å²) in [5.41, 5.74) is 4.78. The van der Waals surface area contributed by atoms with Gasteiger partial charge in [0, 0.05) is 29.3 Å². The Labute approximate surface area is 204 Å². The van der Waals surface area contributed by atoms with Gasteiger partial charge in [-0.15, -0.1) is 0 Å². The largest absolute Gasteiger partial charge is 0.445 e. The summed E-state index contributed by atoms with van der Waals surface area (Å²) in [7, 11) is 2.05. The van der Waals surface area contributed by atoms with E-state index in [1.807, 2.05) is 79.9 Å². The van der Waals surface area contributed by atoms with E-state index in [1.165, 1.54) is 10.9 Å². The smallest absolute Gasteiger partial charge is 0.408 e. The summed E-state index contributed by atoms with van der Waals surface area (Å²) < 4.78 is 7.32. The van der Waals surface area contributed by atoms with Gasteiger partial charge >= 0.3 is 6.09 Å². The Balaban J connectivity index is 1.30. The van der Waals surface area contributed by atoms with Crippen LogP contribution in [0.3, 0.4) is 0 Å². The molecule has 6 nitrogen and oxygen atoms in total. The SMILES string of the molecule is C[C@H](NC(=O)OCc1ccccc1)C(=O)Nc1ccc(C=Cc2ccc3ccccc3[n+]2C)cc1. The van der Waals surface area contributed by atoms with Crippen molar-refractivity contribution in [1.29, 1.82) is 0 Å². The van der Waals surface area contributed by atoms with Gasteiger partial charge in [0.2, 0.25) is 17.1 Å². The summed E-state index contributed by atoms with van der Waals surface area (Å²) in [6.45, 7) is 1.76. The number of fused-ring (bicyclic) bond motifs is 1. The first-order valence-corrected chi connectivity index (χ1v) is 11.4. The number of anilines is 1. The van der Waals surface area contributed by atoms with Crippen LogP contribution in [-0.4, -0.2) is 18.0 Å². The van der Waals surface area contributed by atoms with Gasteiger partial charge in [0.1, 0.15) is 19.7 Å². The molecule has 35 heavy (non-hydrogen) atoms. The van der Waals surface area contributed by atoms with Crippen molar-refractivity contribution >= 4 is 40.7 Å². The van der Waals surface area contributed by atoms with E-state index in [1.54, 1.807) is 6.92 Å². The van der Waals surface area contributed by atoms with E-state index in [2.05, 4.69) is 45.5 Å². The second kappa shape index (κ2) is 11.1. The van der Waals surface area contributed by atoms with Gasteiger partial charge in [0.15, 0.2) is 0 Å². The minimum atomic E-state index is -0.745. The molecule has 2 amide bonds. The zero-order chi connectivity index (χ0) is 24.6. The van der Waals surface area contributed by atoms with Crippen molar-refractivity contribution in [2.24, 2.45) is 7.05 Å². The van der Waals surface area contributed by atoms with Crippen molar-refractivity contribution in [3.05, 3.63) is 108 Å². The molecule has 1 aromatic heterocycles.